The normalized spacial score (nSPS) is 12.0. The van der Waals surface area contributed by atoms with Crippen LogP contribution in [-0.2, 0) is 7.05 Å². The number of carbonyl (C=O) groups is 1. The highest BCUT2D eigenvalue weighted by atomic mass is 32.1. The van der Waals surface area contributed by atoms with Gasteiger partial charge in [-0.1, -0.05) is 5.16 Å². The molecule has 3 aromatic heterocycles. The van der Waals surface area contributed by atoms with Crippen LogP contribution in [0.3, 0.4) is 0 Å². The van der Waals surface area contributed by atoms with Crippen molar-refractivity contribution in [3.63, 3.8) is 0 Å². The maximum absolute atomic E-state index is 12.3. The minimum Gasteiger partial charge on any atom is -0.409 e. The number of thiophene rings is 2. The Labute approximate surface area is 127 Å². The van der Waals surface area contributed by atoms with Gasteiger partial charge in [0.15, 0.2) is 5.84 Å². The summed E-state index contributed by atoms with van der Waals surface area (Å²) in [6.07, 6.45) is 1.43. The predicted molar refractivity (Wildman–Crippen MR) is 83.4 cm³/mol. The highest BCUT2D eigenvalue weighted by Gasteiger charge is 2.17. The second-order valence-electron chi connectivity index (χ2n) is 4.23. The molecule has 0 aliphatic rings. The molecular formula is C12H11N5O2S2. The van der Waals surface area contributed by atoms with E-state index in [0.29, 0.717) is 16.3 Å². The SMILES string of the molecule is Cn1ncc(/C(N)=N/O)c1NC(=O)c1cc2sccc2s1. The summed E-state index contributed by atoms with van der Waals surface area (Å²) in [5.74, 6) is 0.0246. The Morgan fingerprint density at radius 3 is 3.05 bits per heavy atom. The van der Waals surface area contributed by atoms with E-state index in [9.17, 15) is 4.79 Å². The Morgan fingerprint density at radius 2 is 2.33 bits per heavy atom. The van der Waals surface area contributed by atoms with E-state index >= 15 is 0 Å². The average Bonchev–Trinajstić information content (AvgIpc) is 3.13. The third-order valence-electron chi connectivity index (χ3n) is 2.92. The lowest BCUT2D eigenvalue weighted by Gasteiger charge is -2.06. The molecule has 0 saturated carbocycles. The number of amides is 1. The van der Waals surface area contributed by atoms with Crippen LogP contribution in [0.5, 0.6) is 0 Å². The van der Waals surface area contributed by atoms with Gasteiger partial charge in [-0.05, 0) is 17.5 Å². The molecule has 7 nitrogen and oxygen atoms in total. The van der Waals surface area contributed by atoms with Gasteiger partial charge in [0.1, 0.15) is 5.82 Å². The largest absolute Gasteiger partial charge is 0.409 e. The van der Waals surface area contributed by atoms with Gasteiger partial charge in [0, 0.05) is 16.4 Å². The number of fused-ring (bicyclic) bond motifs is 1. The van der Waals surface area contributed by atoms with Gasteiger partial charge in [0.05, 0.1) is 16.6 Å². The van der Waals surface area contributed by atoms with E-state index < -0.39 is 0 Å². The lowest BCUT2D eigenvalue weighted by atomic mass is 10.3. The van der Waals surface area contributed by atoms with Gasteiger partial charge in [-0.15, -0.1) is 22.7 Å². The Bertz CT molecular complexity index is 816. The second-order valence-corrected chi connectivity index (χ2v) is 6.26. The van der Waals surface area contributed by atoms with Gasteiger partial charge in [-0.2, -0.15) is 5.10 Å². The molecule has 3 rings (SSSR count). The number of carbonyl (C=O) groups excluding carboxylic acids is 1. The second kappa shape index (κ2) is 5.19. The minimum atomic E-state index is -0.251. The third kappa shape index (κ3) is 2.36. The molecule has 0 spiro atoms. The van der Waals surface area contributed by atoms with E-state index in [1.807, 2.05) is 17.5 Å². The molecule has 0 unspecified atom stereocenters. The lowest BCUT2D eigenvalue weighted by molar-refractivity contribution is 0.102. The predicted octanol–water partition coefficient (Wildman–Crippen LogP) is 2.04. The smallest absolute Gasteiger partial charge is 0.266 e. The summed E-state index contributed by atoms with van der Waals surface area (Å²) in [4.78, 5) is 12.9. The number of aromatic nitrogens is 2. The van der Waals surface area contributed by atoms with Gasteiger partial charge in [0.25, 0.3) is 5.91 Å². The molecule has 3 aromatic rings. The quantitative estimate of drug-likeness (QED) is 0.297. The van der Waals surface area contributed by atoms with E-state index in [0.717, 1.165) is 9.40 Å². The van der Waals surface area contributed by atoms with Crippen LogP contribution in [0.15, 0.2) is 28.9 Å². The first-order chi connectivity index (χ1) is 10.1. The van der Waals surface area contributed by atoms with Crippen LogP contribution < -0.4 is 11.1 Å². The topological polar surface area (TPSA) is 106 Å². The molecule has 0 atom stereocenters. The number of nitrogens with two attached hydrogens (primary N) is 1. The van der Waals surface area contributed by atoms with Crippen molar-refractivity contribution in [3.8, 4) is 0 Å². The van der Waals surface area contributed by atoms with Crippen molar-refractivity contribution < 1.29 is 10.0 Å². The molecule has 21 heavy (non-hydrogen) atoms. The average molecular weight is 321 g/mol. The van der Waals surface area contributed by atoms with Crippen molar-refractivity contribution in [3.05, 3.63) is 34.2 Å². The number of hydrogen-bond acceptors (Lipinski definition) is 6. The third-order valence-corrected chi connectivity index (χ3v) is 5.01. The number of aryl methyl sites for hydroxylation is 1. The fraction of sp³-hybridized carbons (Fsp3) is 0.0833. The Balaban J connectivity index is 1.91. The summed E-state index contributed by atoms with van der Waals surface area (Å²) >= 11 is 3.01. The molecule has 4 N–H and O–H groups in total. The molecule has 9 heteroatoms. The monoisotopic (exact) mass is 321 g/mol. The molecule has 0 aliphatic heterocycles. The molecule has 0 bridgehead atoms. The van der Waals surface area contributed by atoms with Gasteiger partial charge < -0.3 is 16.3 Å². The fourth-order valence-electron chi connectivity index (χ4n) is 1.87. The Morgan fingerprint density at radius 1 is 1.52 bits per heavy atom. The van der Waals surface area contributed by atoms with Crippen LogP contribution in [0.4, 0.5) is 5.82 Å². The zero-order valence-corrected chi connectivity index (χ0v) is 12.5. The standard InChI is InChI=1S/C12H11N5O2S2/c1-17-11(6(5-14-17)10(13)16-19)15-12(18)9-4-8-7(21-9)2-3-20-8/h2-5,19H,1H3,(H2,13,16)(H,15,18). The van der Waals surface area contributed by atoms with Crippen LogP contribution >= 0.6 is 22.7 Å². The summed E-state index contributed by atoms with van der Waals surface area (Å²) in [5, 5.41) is 20.4. The number of oxime groups is 1. The van der Waals surface area contributed by atoms with Crippen molar-refractivity contribution in [1.82, 2.24) is 9.78 Å². The van der Waals surface area contributed by atoms with Crippen molar-refractivity contribution in [2.24, 2.45) is 17.9 Å². The molecule has 0 saturated heterocycles. The summed E-state index contributed by atoms with van der Waals surface area (Å²) in [5.41, 5.74) is 5.93. The van der Waals surface area contributed by atoms with Gasteiger partial charge >= 0.3 is 0 Å². The van der Waals surface area contributed by atoms with Gasteiger partial charge in [0.2, 0.25) is 0 Å². The summed E-state index contributed by atoms with van der Waals surface area (Å²) in [7, 11) is 1.66. The highest BCUT2D eigenvalue weighted by molar-refractivity contribution is 7.27. The van der Waals surface area contributed by atoms with Crippen molar-refractivity contribution in [1.29, 1.82) is 0 Å². The number of hydrogen-bond donors (Lipinski definition) is 3. The Hall–Kier alpha value is -2.39. The van der Waals surface area contributed by atoms with Crippen molar-refractivity contribution in [2.75, 3.05) is 5.32 Å². The van der Waals surface area contributed by atoms with Crippen LogP contribution in [0, 0.1) is 0 Å². The molecule has 0 aliphatic carbocycles. The highest BCUT2D eigenvalue weighted by Crippen LogP contribution is 2.30. The molecule has 1 amide bonds. The molecule has 0 aromatic carbocycles. The summed E-state index contributed by atoms with van der Waals surface area (Å²) in [6.45, 7) is 0. The maximum atomic E-state index is 12.3. The number of rotatable bonds is 3. The molecule has 3 heterocycles. The summed E-state index contributed by atoms with van der Waals surface area (Å²) < 4.78 is 3.61. The van der Waals surface area contributed by atoms with Crippen LogP contribution in [-0.4, -0.2) is 26.7 Å². The summed E-state index contributed by atoms with van der Waals surface area (Å²) in [6, 6.07) is 3.83. The fourth-order valence-corrected chi connectivity index (χ4v) is 3.88. The van der Waals surface area contributed by atoms with Crippen LogP contribution in [0.2, 0.25) is 0 Å². The van der Waals surface area contributed by atoms with E-state index in [-0.39, 0.29) is 11.7 Å². The van der Waals surface area contributed by atoms with Crippen LogP contribution in [0.25, 0.3) is 9.40 Å². The lowest BCUT2D eigenvalue weighted by Crippen LogP contribution is -2.19. The van der Waals surface area contributed by atoms with Crippen molar-refractivity contribution in [2.45, 2.75) is 0 Å². The van der Waals surface area contributed by atoms with E-state index in [1.54, 1.807) is 18.4 Å². The number of amidine groups is 1. The zero-order valence-electron chi connectivity index (χ0n) is 10.9. The van der Waals surface area contributed by atoms with Crippen molar-refractivity contribution >= 4 is 49.6 Å². The number of nitrogens with zero attached hydrogens (tertiary/aromatic N) is 3. The van der Waals surface area contributed by atoms with Crippen LogP contribution in [0.1, 0.15) is 15.2 Å². The Kier molecular flexibility index (Phi) is 3.35. The molecular weight excluding hydrogens is 310 g/mol. The molecule has 0 radical (unpaired) electrons. The molecule has 0 fully saturated rings. The van der Waals surface area contributed by atoms with Gasteiger partial charge in [-0.25, -0.2) is 0 Å². The minimum absolute atomic E-state index is 0.106. The maximum Gasteiger partial charge on any atom is 0.266 e. The molecule has 108 valence electrons. The van der Waals surface area contributed by atoms with E-state index in [2.05, 4.69) is 15.6 Å². The zero-order chi connectivity index (χ0) is 15.0. The van der Waals surface area contributed by atoms with E-state index in [4.69, 9.17) is 10.9 Å². The first kappa shape index (κ1) is 13.6. The van der Waals surface area contributed by atoms with E-state index in [1.165, 1.54) is 22.2 Å². The first-order valence-corrected chi connectivity index (χ1v) is 7.58. The first-order valence-electron chi connectivity index (χ1n) is 5.88. The number of nitrogens with one attached hydrogen (secondary N) is 1. The number of anilines is 1. The van der Waals surface area contributed by atoms with Gasteiger partial charge in [-0.3, -0.25) is 9.48 Å².